The van der Waals surface area contributed by atoms with E-state index in [0.717, 1.165) is 10.6 Å². The van der Waals surface area contributed by atoms with E-state index in [1.165, 1.54) is 6.92 Å². The van der Waals surface area contributed by atoms with Crippen LogP contribution in [0.25, 0.3) is 11.0 Å². The Kier molecular flexibility index (Phi) is 3.52. The maximum Gasteiger partial charge on any atom is 0.449 e. The van der Waals surface area contributed by atoms with E-state index in [9.17, 15) is 26.3 Å². The predicted molar refractivity (Wildman–Crippen MR) is 63.1 cm³/mol. The van der Waals surface area contributed by atoms with E-state index < -0.39 is 23.7 Å². The fraction of sp³-hybridized carbons (Fsp3) is 0.364. The summed E-state index contributed by atoms with van der Waals surface area (Å²) in [7, 11) is 0. The average molecular weight is 361 g/mol. The maximum absolute atomic E-state index is 12.8. The van der Waals surface area contributed by atoms with E-state index in [1.807, 2.05) is 0 Å². The Bertz CT molecular complexity index is 655. The molecule has 0 saturated carbocycles. The number of nitrogens with zero attached hydrogens (tertiary/aromatic N) is 2. The van der Waals surface area contributed by atoms with Gasteiger partial charge in [0.15, 0.2) is 0 Å². The highest BCUT2D eigenvalue weighted by Crippen LogP contribution is 2.38. The molecule has 2 aromatic rings. The van der Waals surface area contributed by atoms with Gasteiger partial charge in [0.1, 0.15) is 0 Å². The molecule has 0 aliphatic carbocycles. The van der Waals surface area contributed by atoms with E-state index in [0.29, 0.717) is 6.07 Å². The first-order valence-electron chi connectivity index (χ1n) is 5.40. The lowest BCUT2D eigenvalue weighted by molar-refractivity contribution is -0.146. The lowest BCUT2D eigenvalue weighted by Crippen LogP contribution is -2.14. The standard InChI is InChI=1S/C11H7BrF6N2/c1-2-20-8-6(12)3-5(10(13,14)15)4-7(8)19-9(20)11(16,17)18/h3-4H,2H2,1H3. The predicted octanol–water partition coefficient (Wildman–Crippen LogP) is 4.86. The molecule has 0 fully saturated rings. The Morgan fingerprint density at radius 3 is 2.15 bits per heavy atom. The third kappa shape index (κ3) is 2.50. The van der Waals surface area contributed by atoms with Gasteiger partial charge in [-0.2, -0.15) is 26.3 Å². The first-order chi connectivity index (χ1) is 9.05. The van der Waals surface area contributed by atoms with Crippen LogP contribution in [0, 0.1) is 0 Å². The minimum absolute atomic E-state index is 0.00664. The Morgan fingerprint density at radius 2 is 1.70 bits per heavy atom. The van der Waals surface area contributed by atoms with Crippen LogP contribution in [0.15, 0.2) is 16.6 Å². The van der Waals surface area contributed by atoms with Crippen LogP contribution in [-0.4, -0.2) is 9.55 Å². The van der Waals surface area contributed by atoms with E-state index >= 15 is 0 Å². The average Bonchev–Trinajstić information content (AvgIpc) is 2.66. The number of halogens is 7. The highest BCUT2D eigenvalue weighted by atomic mass is 79.9. The van der Waals surface area contributed by atoms with Crippen molar-refractivity contribution in [3.8, 4) is 0 Å². The summed E-state index contributed by atoms with van der Waals surface area (Å²) < 4.78 is 77.1. The van der Waals surface area contributed by atoms with Crippen molar-refractivity contribution in [2.24, 2.45) is 0 Å². The molecule has 0 aliphatic heterocycles. The van der Waals surface area contributed by atoms with E-state index in [-0.39, 0.29) is 22.1 Å². The largest absolute Gasteiger partial charge is 0.449 e. The summed E-state index contributed by atoms with van der Waals surface area (Å²) in [5.74, 6) is -1.21. The fourth-order valence-electron chi connectivity index (χ4n) is 1.91. The summed E-state index contributed by atoms with van der Waals surface area (Å²) in [6, 6.07) is 1.36. The molecule has 2 nitrogen and oxygen atoms in total. The monoisotopic (exact) mass is 360 g/mol. The molecule has 110 valence electrons. The molecule has 0 atom stereocenters. The number of aryl methyl sites for hydroxylation is 1. The highest BCUT2D eigenvalue weighted by Gasteiger charge is 2.38. The van der Waals surface area contributed by atoms with Gasteiger partial charge in [0.05, 0.1) is 16.6 Å². The Labute approximate surface area is 117 Å². The zero-order valence-corrected chi connectivity index (χ0v) is 11.5. The van der Waals surface area contributed by atoms with Crippen LogP contribution in [0.5, 0.6) is 0 Å². The fourth-order valence-corrected chi connectivity index (χ4v) is 2.57. The molecule has 0 spiro atoms. The number of alkyl halides is 6. The number of hydrogen-bond acceptors (Lipinski definition) is 1. The van der Waals surface area contributed by atoms with Gasteiger partial charge in [0.2, 0.25) is 5.82 Å². The van der Waals surface area contributed by atoms with Crippen molar-refractivity contribution in [3.05, 3.63) is 28.0 Å². The minimum atomic E-state index is -4.73. The van der Waals surface area contributed by atoms with Gasteiger partial charge in [-0.25, -0.2) is 4.98 Å². The highest BCUT2D eigenvalue weighted by molar-refractivity contribution is 9.10. The van der Waals surface area contributed by atoms with E-state index in [2.05, 4.69) is 20.9 Å². The van der Waals surface area contributed by atoms with Gasteiger partial charge < -0.3 is 4.57 Å². The number of fused-ring (bicyclic) bond motifs is 1. The van der Waals surface area contributed by atoms with Crippen molar-refractivity contribution in [3.63, 3.8) is 0 Å². The van der Waals surface area contributed by atoms with E-state index in [4.69, 9.17) is 0 Å². The summed E-state index contributed by atoms with van der Waals surface area (Å²) in [6.07, 6.45) is -9.38. The molecular weight excluding hydrogens is 354 g/mol. The number of benzene rings is 1. The summed E-state index contributed by atoms with van der Waals surface area (Å²) >= 11 is 2.88. The SMILES string of the molecule is CCn1c(C(F)(F)F)nc2cc(C(F)(F)F)cc(Br)c21. The summed E-state index contributed by atoms with van der Waals surface area (Å²) in [5.41, 5.74) is -1.40. The van der Waals surface area contributed by atoms with Crippen molar-refractivity contribution in [1.29, 1.82) is 0 Å². The minimum Gasteiger partial charge on any atom is -0.320 e. The number of hydrogen-bond donors (Lipinski definition) is 0. The molecule has 1 aromatic carbocycles. The molecule has 20 heavy (non-hydrogen) atoms. The molecule has 0 unspecified atom stereocenters. The first kappa shape index (κ1) is 15.1. The molecule has 0 N–H and O–H groups in total. The molecular formula is C11H7BrF6N2. The smallest absolute Gasteiger partial charge is 0.320 e. The van der Waals surface area contributed by atoms with Gasteiger partial charge in [-0.15, -0.1) is 0 Å². The lowest BCUT2D eigenvalue weighted by Gasteiger charge is -2.10. The first-order valence-corrected chi connectivity index (χ1v) is 6.19. The molecule has 0 aliphatic rings. The Hall–Kier alpha value is -1.25. The Balaban J connectivity index is 2.81. The second kappa shape index (κ2) is 4.64. The molecule has 0 bridgehead atoms. The van der Waals surface area contributed by atoms with Crippen LogP contribution in [0.3, 0.4) is 0 Å². The van der Waals surface area contributed by atoms with Crippen LogP contribution in [0.4, 0.5) is 26.3 Å². The normalized spacial score (nSPS) is 13.2. The van der Waals surface area contributed by atoms with Gasteiger partial charge in [-0.1, -0.05) is 0 Å². The molecule has 1 aromatic heterocycles. The lowest BCUT2D eigenvalue weighted by atomic mass is 10.2. The summed E-state index contributed by atoms with van der Waals surface area (Å²) in [4.78, 5) is 3.30. The molecule has 9 heteroatoms. The van der Waals surface area contributed by atoms with Crippen LogP contribution in [-0.2, 0) is 18.9 Å². The van der Waals surface area contributed by atoms with Crippen molar-refractivity contribution < 1.29 is 26.3 Å². The molecule has 0 saturated heterocycles. The van der Waals surface area contributed by atoms with E-state index in [1.54, 1.807) is 0 Å². The van der Waals surface area contributed by atoms with Crippen molar-refractivity contribution in [2.45, 2.75) is 25.8 Å². The van der Waals surface area contributed by atoms with Crippen molar-refractivity contribution >= 4 is 27.0 Å². The van der Waals surface area contributed by atoms with Crippen LogP contribution in [0.2, 0.25) is 0 Å². The number of rotatable bonds is 1. The van der Waals surface area contributed by atoms with Crippen LogP contribution >= 0.6 is 15.9 Å². The third-order valence-electron chi connectivity index (χ3n) is 2.69. The third-order valence-corrected chi connectivity index (χ3v) is 3.30. The molecule has 1 heterocycles. The molecule has 0 radical (unpaired) electrons. The quantitative estimate of drug-likeness (QED) is 0.664. The topological polar surface area (TPSA) is 17.8 Å². The van der Waals surface area contributed by atoms with Crippen LogP contribution in [0.1, 0.15) is 18.3 Å². The van der Waals surface area contributed by atoms with Crippen LogP contribution < -0.4 is 0 Å². The molecule has 2 rings (SSSR count). The van der Waals surface area contributed by atoms with Gasteiger partial charge in [-0.05, 0) is 35.0 Å². The van der Waals surface area contributed by atoms with Gasteiger partial charge in [-0.3, -0.25) is 0 Å². The maximum atomic E-state index is 12.8. The second-order valence-corrected chi connectivity index (χ2v) is 4.86. The van der Waals surface area contributed by atoms with Crippen molar-refractivity contribution in [1.82, 2.24) is 9.55 Å². The summed E-state index contributed by atoms with van der Waals surface area (Å²) in [6.45, 7) is 1.40. The summed E-state index contributed by atoms with van der Waals surface area (Å²) in [5, 5.41) is 0. The number of imidazole rings is 1. The second-order valence-electron chi connectivity index (χ2n) is 4.00. The zero-order valence-electron chi connectivity index (χ0n) is 9.90. The molecule has 0 amide bonds. The number of aromatic nitrogens is 2. The van der Waals surface area contributed by atoms with Crippen molar-refractivity contribution in [2.75, 3.05) is 0 Å². The van der Waals surface area contributed by atoms with Gasteiger partial charge >= 0.3 is 12.4 Å². The Morgan fingerprint density at radius 1 is 1.10 bits per heavy atom. The van der Waals surface area contributed by atoms with Gasteiger partial charge in [0.25, 0.3) is 0 Å². The zero-order chi connectivity index (χ0) is 15.3. The van der Waals surface area contributed by atoms with Gasteiger partial charge in [0, 0.05) is 11.0 Å².